The van der Waals surface area contributed by atoms with E-state index in [1.165, 1.54) is 0 Å². The minimum atomic E-state index is -0.750. The van der Waals surface area contributed by atoms with E-state index in [4.69, 9.17) is 31.6 Å². The third-order valence-electron chi connectivity index (χ3n) is 2.00. The second-order valence-corrected chi connectivity index (χ2v) is 3.07. The first-order valence-corrected chi connectivity index (χ1v) is 5.08. The summed E-state index contributed by atoms with van der Waals surface area (Å²) in [6.07, 6.45) is 0. The molecular formula is C10H16B2N2O4. The molecule has 8 N–H and O–H groups in total. The van der Waals surface area contributed by atoms with Crippen LogP contribution in [0.25, 0.3) is 10.8 Å². The second-order valence-electron chi connectivity index (χ2n) is 3.07. The molecule has 96 valence electrons. The fourth-order valence-corrected chi connectivity index (χ4v) is 1.31. The van der Waals surface area contributed by atoms with Gasteiger partial charge in [0.05, 0.1) is 11.4 Å². The van der Waals surface area contributed by atoms with E-state index in [-0.39, 0.29) is 0 Å². The zero-order chi connectivity index (χ0) is 14.0. The molecule has 0 aliphatic rings. The molecule has 0 atom stereocenters. The lowest BCUT2D eigenvalue weighted by atomic mass is 10.1. The zero-order valence-electron chi connectivity index (χ0n) is 9.82. The molecule has 0 heterocycles. The van der Waals surface area contributed by atoms with Crippen molar-refractivity contribution in [3.8, 4) is 0 Å². The van der Waals surface area contributed by atoms with Crippen LogP contribution in [0.1, 0.15) is 0 Å². The van der Waals surface area contributed by atoms with Gasteiger partial charge >= 0.3 is 15.4 Å². The van der Waals surface area contributed by atoms with Crippen LogP contribution in [-0.4, -0.2) is 35.5 Å². The maximum absolute atomic E-state index is 7.12. The number of hydrogen-bond acceptors (Lipinski definition) is 6. The van der Waals surface area contributed by atoms with E-state index in [1.807, 2.05) is 36.4 Å². The average Bonchev–Trinajstić information content (AvgIpc) is 2.36. The minimum absolute atomic E-state index is 0.647. The highest BCUT2D eigenvalue weighted by atomic mass is 16.4. The van der Waals surface area contributed by atoms with Gasteiger partial charge in [-0.3, -0.25) is 0 Å². The third kappa shape index (κ3) is 5.07. The molecule has 0 aromatic heterocycles. The molecule has 0 bridgehead atoms. The van der Waals surface area contributed by atoms with Gasteiger partial charge < -0.3 is 31.6 Å². The smallest absolute Gasteiger partial charge is 0.430 e. The summed E-state index contributed by atoms with van der Waals surface area (Å²) in [6.45, 7) is 0. The summed E-state index contributed by atoms with van der Waals surface area (Å²) < 4.78 is 0. The van der Waals surface area contributed by atoms with E-state index in [0.717, 1.165) is 10.8 Å². The summed E-state index contributed by atoms with van der Waals surface area (Å²) in [5.41, 5.74) is 12.8. The van der Waals surface area contributed by atoms with E-state index >= 15 is 0 Å². The van der Waals surface area contributed by atoms with Gasteiger partial charge in [-0.15, -0.1) is 0 Å². The lowest BCUT2D eigenvalue weighted by Crippen LogP contribution is -1.94. The Labute approximate surface area is 106 Å². The molecule has 0 unspecified atom stereocenters. The molecule has 2 aromatic carbocycles. The van der Waals surface area contributed by atoms with Crippen LogP contribution in [-0.2, 0) is 0 Å². The monoisotopic (exact) mass is 250 g/mol. The quantitative estimate of drug-likeness (QED) is 0.248. The first kappa shape index (κ1) is 16.3. The average molecular weight is 250 g/mol. The molecule has 0 spiro atoms. The van der Waals surface area contributed by atoms with Crippen LogP contribution in [0.4, 0.5) is 11.4 Å². The molecule has 0 saturated carbocycles. The Kier molecular flexibility index (Phi) is 8.42. The SMILES string of the molecule is Nc1ccc2ccccc2c1N.OBO.OBO. The molecular weight excluding hydrogens is 234 g/mol. The van der Waals surface area contributed by atoms with Gasteiger partial charge in [0.2, 0.25) is 0 Å². The van der Waals surface area contributed by atoms with Crippen molar-refractivity contribution in [2.24, 2.45) is 0 Å². The van der Waals surface area contributed by atoms with Gasteiger partial charge in [0.1, 0.15) is 0 Å². The van der Waals surface area contributed by atoms with Crippen molar-refractivity contribution >= 4 is 37.5 Å². The first-order valence-electron chi connectivity index (χ1n) is 5.08. The van der Waals surface area contributed by atoms with Crippen molar-refractivity contribution in [2.45, 2.75) is 0 Å². The van der Waals surface area contributed by atoms with Crippen molar-refractivity contribution in [1.82, 2.24) is 0 Å². The Hall–Kier alpha value is -1.73. The van der Waals surface area contributed by atoms with E-state index in [1.54, 1.807) is 0 Å². The standard InChI is InChI=1S/C10H10N2.2BH3O2/c11-9-6-5-7-3-1-2-4-8(7)10(9)12;2*2-1-3/h1-6H,11-12H2;2*1-3H. The highest BCUT2D eigenvalue weighted by Crippen LogP contribution is 2.25. The zero-order valence-corrected chi connectivity index (χ0v) is 9.82. The third-order valence-corrected chi connectivity index (χ3v) is 2.00. The molecule has 0 aliphatic carbocycles. The summed E-state index contributed by atoms with van der Waals surface area (Å²) in [6, 6.07) is 11.7. The second kappa shape index (κ2) is 9.32. The lowest BCUT2D eigenvalue weighted by Gasteiger charge is -2.03. The Balaban J connectivity index is 0.000000414. The van der Waals surface area contributed by atoms with Crippen molar-refractivity contribution < 1.29 is 20.1 Å². The van der Waals surface area contributed by atoms with E-state index in [9.17, 15) is 0 Å². The van der Waals surface area contributed by atoms with Crippen LogP contribution in [0.5, 0.6) is 0 Å². The Morgan fingerprint density at radius 2 is 1.28 bits per heavy atom. The molecule has 6 nitrogen and oxygen atoms in total. The van der Waals surface area contributed by atoms with Crippen molar-refractivity contribution in [2.75, 3.05) is 11.5 Å². The summed E-state index contributed by atoms with van der Waals surface area (Å²) in [5, 5.41) is 30.7. The maximum atomic E-state index is 7.12. The van der Waals surface area contributed by atoms with Crippen molar-refractivity contribution in [3.63, 3.8) is 0 Å². The maximum Gasteiger partial charge on any atom is 0.432 e. The largest absolute Gasteiger partial charge is 0.432 e. The number of fused-ring (bicyclic) bond motifs is 1. The summed E-state index contributed by atoms with van der Waals surface area (Å²) in [7, 11) is -1.50. The van der Waals surface area contributed by atoms with Crippen LogP contribution >= 0.6 is 0 Å². The van der Waals surface area contributed by atoms with Gasteiger partial charge in [-0.2, -0.15) is 0 Å². The lowest BCUT2D eigenvalue weighted by molar-refractivity contribution is 0.447. The Morgan fingerprint density at radius 3 is 1.83 bits per heavy atom. The van der Waals surface area contributed by atoms with Crippen LogP contribution in [0.2, 0.25) is 0 Å². The minimum Gasteiger partial charge on any atom is -0.430 e. The topological polar surface area (TPSA) is 133 Å². The van der Waals surface area contributed by atoms with Crippen LogP contribution in [0, 0.1) is 0 Å². The van der Waals surface area contributed by atoms with Crippen LogP contribution in [0.15, 0.2) is 36.4 Å². The van der Waals surface area contributed by atoms with Gasteiger partial charge in [-0.25, -0.2) is 0 Å². The molecule has 0 amide bonds. The van der Waals surface area contributed by atoms with E-state index < -0.39 is 15.4 Å². The number of nitrogen functional groups attached to an aromatic ring is 2. The molecule has 0 saturated heterocycles. The number of benzene rings is 2. The summed E-state index contributed by atoms with van der Waals surface area (Å²) in [4.78, 5) is 0. The fourth-order valence-electron chi connectivity index (χ4n) is 1.31. The fraction of sp³-hybridized carbons (Fsp3) is 0. The predicted octanol–water partition coefficient (Wildman–Crippen LogP) is -1.52. The van der Waals surface area contributed by atoms with Crippen LogP contribution < -0.4 is 11.5 Å². The summed E-state index contributed by atoms with van der Waals surface area (Å²) >= 11 is 0. The van der Waals surface area contributed by atoms with Crippen molar-refractivity contribution in [1.29, 1.82) is 0 Å². The van der Waals surface area contributed by atoms with Gasteiger partial charge in [-0.1, -0.05) is 30.3 Å². The number of hydrogen-bond donors (Lipinski definition) is 6. The predicted molar refractivity (Wildman–Crippen MR) is 75.9 cm³/mol. The van der Waals surface area contributed by atoms with Gasteiger partial charge in [-0.05, 0) is 11.5 Å². The van der Waals surface area contributed by atoms with E-state index in [2.05, 4.69) is 0 Å². The normalized spacial score (nSPS) is 8.44. The van der Waals surface area contributed by atoms with Crippen molar-refractivity contribution in [3.05, 3.63) is 36.4 Å². The first-order chi connectivity index (χ1) is 8.62. The highest BCUT2D eigenvalue weighted by Gasteiger charge is 1.98. The van der Waals surface area contributed by atoms with Crippen LogP contribution in [0.3, 0.4) is 0 Å². The Bertz CT molecular complexity index is 469. The molecule has 2 rings (SSSR count). The molecule has 18 heavy (non-hydrogen) atoms. The molecule has 8 heteroatoms. The molecule has 0 aliphatic heterocycles. The summed E-state index contributed by atoms with van der Waals surface area (Å²) in [5.74, 6) is 0. The van der Waals surface area contributed by atoms with E-state index in [0.29, 0.717) is 11.4 Å². The van der Waals surface area contributed by atoms with Gasteiger partial charge in [0.15, 0.2) is 0 Å². The number of rotatable bonds is 0. The molecule has 0 radical (unpaired) electrons. The number of anilines is 2. The van der Waals surface area contributed by atoms with Gasteiger partial charge in [0, 0.05) is 5.39 Å². The molecule has 2 aromatic rings. The Morgan fingerprint density at radius 1 is 0.778 bits per heavy atom. The highest BCUT2D eigenvalue weighted by molar-refractivity contribution is 6.13. The number of nitrogens with two attached hydrogens (primary N) is 2. The molecule has 0 fully saturated rings. The van der Waals surface area contributed by atoms with Gasteiger partial charge in [0.25, 0.3) is 0 Å².